The summed E-state index contributed by atoms with van der Waals surface area (Å²) in [5, 5.41) is 0. The molecular formula is C23H28. The number of benzene rings is 1. The topological polar surface area (TPSA) is 0 Å². The predicted molar refractivity (Wildman–Crippen MR) is 99.4 cm³/mol. The first-order valence-electron chi connectivity index (χ1n) is 9.37. The van der Waals surface area contributed by atoms with Gasteiger partial charge in [0.2, 0.25) is 0 Å². The van der Waals surface area contributed by atoms with Crippen LogP contribution in [0.5, 0.6) is 0 Å². The normalized spacial score (nSPS) is 29.8. The van der Waals surface area contributed by atoms with Crippen LogP contribution in [0.15, 0.2) is 53.1 Å². The van der Waals surface area contributed by atoms with Crippen molar-refractivity contribution in [2.24, 2.45) is 5.41 Å². The van der Waals surface area contributed by atoms with Crippen molar-refractivity contribution >= 4 is 5.57 Å². The van der Waals surface area contributed by atoms with E-state index in [9.17, 15) is 0 Å². The molecule has 120 valence electrons. The van der Waals surface area contributed by atoms with Crippen LogP contribution in [0.25, 0.3) is 5.57 Å². The van der Waals surface area contributed by atoms with E-state index >= 15 is 0 Å². The van der Waals surface area contributed by atoms with Crippen molar-refractivity contribution in [3.8, 4) is 0 Å². The highest BCUT2D eigenvalue weighted by Gasteiger charge is 2.46. The van der Waals surface area contributed by atoms with Gasteiger partial charge < -0.3 is 0 Å². The van der Waals surface area contributed by atoms with Gasteiger partial charge >= 0.3 is 0 Å². The maximum absolute atomic E-state index is 2.57. The molecule has 0 bridgehead atoms. The van der Waals surface area contributed by atoms with Crippen LogP contribution in [0.2, 0.25) is 0 Å². The molecule has 0 saturated carbocycles. The second-order valence-corrected chi connectivity index (χ2v) is 7.70. The molecule has 23 heavy (non-hydrogen) atoms. The van der Waals surface area contributed by atoms with E-state index in [1.165, 1.54) is 49.7 Å². The van der Waals surface area contributed by atoms with Crippen LogP contribution in [0, 0.1) is 5.41 Å². The van der Waals surface area contributed by atoms with Crippen molar-refractivity contribution in [3.05, 3.63) is 64.3 Å². The van der Waals surface area contributed by atoms with E-state index < -0.39 is 0 Å². The average molecular weight is 304 g/mol. The Morgan fingerprint density at radius 3 is 2.70 bits per heavy atom. The fourth-order valence-corrected chi connectivity index (χ4v) is 5.30. The lowest BCUT2D eigenvalue weighted by Crippen LogP contribution is -2.27. The van der Waals surface area contributed by atoms with Crippen molar-refractivity contribution in [3.63, 3.8) is 0 Å². The van der Waals surface area contributed by atoms with E-state index in [4.69, 9.17) is 0 Å². The number of hydrogen-bond acceptors (Lipinski definition) is 0. The average Bonchev–Trinajstić information content (AvgIpc) is 2.92. The molecular weight excluding hydrogens is 276 g/mol. The third kappa shape index (κ3) is 2.11. The van der Waals surface area contributed by atoms with Crippen molar-refractivity contribution in [1.29, 1.82) is 0 Å². The first kappa shape index (κ1) is 15.0. The monoisotopic (exact) mass is 304 g/mol. The van der Waals surface area contributed by atoms with Crippen LogP contribution in [0.1, 0.15) is 76.3 Å². The summed E-state index contributed by atoms with van der Waals surface area (Å²) >= 11 is 0. The molecule has 3 aliphatic carbocycles. The van der Waals surface area contributed by atoms with Crippen molar-refractivity contribution in [1.82, 2.24) is 0 Å². The molecule has 2 unspecified atom stereocenters. The third-order valence-electron chi connectivity index (χ3n) is 6.54. The van der Waals surface area contributed by atoms with Crippen LogP contribution in [-0.2, 0) is 0 Å². The smallest absolute Gasteiger partial charge is 0.0205 e. The summed E-state index contributed by atoms with van der Waals surface area (Å²) < 4.78 is 0. The van der Waals surface area contributed by atoms with Gasteiger partial charge in [-0.3, -0.25) is 0 Å². The van der Waals surface area contributed by atoms with Crippen LogP contribution >= 0.6 is 0 Å². The summed E-state index contributed by atoms with van der Waals surface area (Å²) in [5.41, 5.74) is 9.79. The Labute approximate surface area is 141 Å². The molecule has 0 heteroatoms. The van der Waals surface area contributed by atoms with E-state index in [0.717, 1.165) is 0 Å². The molecule has 0 radical (unpaired) electrons. The highest BCUT2D eigenvalue weighted by molar-refractivity contribution is 5.75. The second-order valence-electron chi connectivity index (χ2n) is 7.70. The molecule has 0 spiro atoms. The van der Waals surface area contributed by atoms with E-state index in [0.29, 0.717) is 5.92 Å². The van der Waals surface area contributed by atoms with Crippen molar-refractivity contribution < 1.29 is 0 Å². The van der Waals surface area contributed by atoms with Gasteiger partial charge in [0.1, 0.15) is 0 Å². The molecule has 0 nitrogen and oxygen atoms in total. The summed E-state index contributed by atoms with van der Waals surface area (Å²) in [7, 11) is 0. The van der Waals surface area contributed by atoms with Crippen LogP contribution in [0.3, 0.4) is 0 Å². The van der Waals surface area contributed by atoms with Gasteiger partial charge in [-0.05, 0) is 61.3 Å². The lowest BCUT2D eigenvalue weighted by Gasteiger charge is -2.38. The Kier molecular flexibility index (Phi) is 3.59. The lowest BCUT2D eigenvalue weighted by molar-refractivity contribution is 0.411. The molecule has 1 aromatic rings. The van der Waals surface area contributed by atoms with Crippen LogP contribution in [-0.4, -0.2) is 0 Å². The first-order chi connectivity index (χ1) is 11.2. The summed E-state index contributed by atoms with van der Waals surface area (Å²) in [5.74, 6) is 0.524. The van der Waals surface area contributed by atoms with Gasteiger partial charge in [0.15, 0.2) is 0 Å². The van der Waals surface area contributed by atoms with Crippen molar-refractivity contribution in [2.45, 2.75) is 65.2 Å². The Hall–Kier alpha value is -1.56. The van der Waals surface area contributed by atoms with E-state index in [1.54, 1.807) is 22.3 Å². The molecule has 0 heterocycles. The molecule has 0 saturated heterocycles. The summed E-state index contributed by atoms with van der Waals surface area (Å²) in [6.45, 7) is 7.16. The molecule has 4 rings (SSSR count). The van der Waals surface area contributed by atoms with Gasteiger partial charge in [-0.25, -0.2) is 0 Å². The fraction of sp³-hybridized carbons (Fsp3) is 0.478. The highest BCUT2D eigenvalue weighted by atomic mass is 14.5. The maximum atomic E-state index is 2.57. The van der Waals surface area contributed by atoms with E-state index in [-0.39, 0.29) is 5.41 Å². The minimum atomic E-state index is 0.211. The lowest BCUT2D eigenvalue weighted by atomic mass is 9.65. The number of rotatable bonds is 2. The SMILES string of the molecule is CCC1=CC2=C(CCCCC2)C1(C)C1C=C(C)c2ccccc21. The van der Waals surface area contributed by atoms with Crippen LogP contribution in [0.4, 0.5) is 0 Å². The number of fused-ring (bicyclic) bond motifs is 1. The van der Waals surface area contributed by atoms with Crippen LogP contribution < -0.4 is 0 Å². The Morgan fingerprint density at radius 2 is 1.87 bits per heavy atom. The van der Waals surface area contributed by atoms with Gasteiger partial charge in [-0.2, -0.15) is 0 Å². The molecule has 0 N–H and O–H groups in total. The number of allylic oxidation sites excluding steroid dienone is 6. The molecule has 0 aliphatic heterocycles. The molecule has 1 aromatic carbocycles. The van der Waals surface area contributed by atoms with E-state index in [2.05, 4.69) is 57.2 Å². The molecule has 0 fully saturated rings. The predicted octanol–water partition coefficient (Wildman–Crippen LogP) is 6.80. The van der Waals surface area contributed by atoms with E-state index in [1.807, 2.05) is 0 Å². The van der Waals surface area contributed by atoms with Gasteiger partial charge in [-0.15, -0.1) is 0 Å². The molecule has 0 aromatic heterocycles. The zero-order valence-electron chi connectivity index (χ0n) is 14.8. The van der Waals surface area contributed by atoms with Gasteiger partial charge in [0.25, 0.3) is 0 Å². The fourth-order valence-electron chi connectivity index (χ4n) is 5.30. The molecule has 2 atom stereocenters. The van der Waals surface area contributed by atoms with Gasteiger partial charge in [0, 0.05) is 11.3 Å². The standard InChI is InChI=1S/C23H28/c1-4-18-15-17-10-6-5-7-13-21(17)23(18,3)22-14-16(2)19-11-8-9-12-20(19)22/h8-9,11-12,14-15,22H,4-7,10,13H2,1-3H3. The Bertz CT molecular complexity index is 728. The van der Waals surface area contributed by atoms with Gasteiger partial charge in [0.05, 0.1) is 0 Å². The first-order valence-corrected chi connectivity index (χ1v) is 9.37. The minimum absolute atomic E-state index is 0.211. The molecule has 0 amide bonds. The Morgan fingerprint density at radius 1 is 1.09 bits per heavy atom. The van der Waals surface area contributed by atoms with Crippen molar-refractivity contribution in [2.75, 3.05) is 0 Å². The Balaban J connectivity index is 1.86. The summed E-state index contributed by atoms with van der Waals surface area (Å²) in [4.78, 5) is 0. The maximum Gasteiger partial charge on any atom is 0.0205 e. The summed E-state index contributed by atoms with van der Waals surface area (Å²) in [6, 6.07) is 9.06. The highest BCUT2D eigenvalue weighted by Crippen LogP contribution is 2.59. The van der Waals surface area contributed by atoms with Gasteiger partial charge in [-0.1, -0.05) is 67.8 Å². The largest absolute Gasteiger partial charge is 0.0722 e. The number of hydrogen-bond donors (Lipinski definition) is 0. The zero-order chi connectivity index (χ0) is 16.0. The molecule has 3 aliphatic rings. The quantitative estimate of drug-likeness (QED) is 0.563. The zero-order valence-corrected chi connectivity index (χ0v) is 14.8. The third-order valence-corrected chi connectivity index (χ3v) is 6.54. The minimum Gasteiger partial charge on any atom is -0.0722 e. The second kappa shape index (κ2) is 5.51. The summed E-state index contributed by atoms with van der Waals surface area (Å²) in [6.07, 6.45) is 13.0.